The van der Waals surface area contributed by atoms with E-state index >= 15 is 0 Å². The van der Waals surface area contributed by atoms with Crippen molar-refractivity contribution in [3.05, 3.63) is 46.0 Å². The number of hydrogen-bond acceptors (Lipinski definition) is 1. The molecule has 0 aliphatic heterocycles. The average molecular weight is 254 g/mol. The molecule has 0 heterocycles. The zero-order valence-electron chi connectivity index (χ0n) is 8.68. The number of hydrogen-bond donors (Lipinski definition) is 1. The average Bonchev–Trinajstić information content (AvgIpc) is 2.08. The molecule has 2 N–H and O–H groups in total. The van der Waals surface area contributed by atoms with Crippen molar-refractivity contribution in [2.24, 2.45) is 5.73 Å². The Kier molecular flexibility index (Phi) is 3.90. The molecule has 0 aliphatic rings. The minimum atomic E-state index is 0.0602. The fraction of sp³-hybridized carbons (Fsp3) is 0.333. The van der Waals surface area contributed by atoms with Crippen molar-refractivity contribution in [1.29, 1.82) is 0 Å². The van der Waals surface area contributed by atoms with Gasteiger partial charge in [0.15, 0.2) is 0 Å². The van der Waals surface area contributed by atoms with Crippen LogP contribution < -0.4 is 5.73 Å². The van der Waals surface area contributed by atoms with E-state index in [1.807, 2.05) is 13.0 Å². The summed E-state index contributed by atoms with van der Waals surface area (Å²) in [6.07, 6.45) is 0.845. The predicted octanol–water partition coefficient (Wildman–Crippen LogP) is 3.72. The molecule has 0 bridgehead atoms. The van der Waals surface area contributed by atoms with Gasteiger partial charge >= 0.3 is 0 Å². The molecular formula is C12H16BrN. The lowest BCUT2D eigenvalue weighted by Gasteiger charge is -2.15. The highest BCUT2D eigenvalue weighted by molar-refractivity contribution is 9.10. The molecule has 1 aromatic rings. The maximum Gasteiger partial charge on any atom is 0.0335 e. The van der Waals surface area contributed by atoms with E-state index in [0.29, 0.717) is 0 Å². The van der Waals surface area contributed by atoms with Crippen LogP contribution in [0.15, 0.2) is 34.8 Å². The lowest BCUT2D eigenvalue weighted by molar-refractivity contribution is 0.711. The second-order valence-electron chi connectivity index (χ2n) is 3.77. The first-order valence-corrected chi connectivity index (χ1v) is 5.46. The first-order valence-electron chi connectivity index (χ1n) is 4.66. The predicted molar refractivity (Wildman–Crippen MR) is 65.2 cm³/mol. The van der Waals surface area contributed by atoms with Gasteiger partial charge in [0.25, 0.3) is 0 Å². The second-order valence-corrected chi connectivity index (χ2v) is 4.68. The summed E-state index contributed by atoms with van der Waals surface area (Å²) in [6.45, 7) is 7.97. The van der Waals surface area contributed by atoms with E-state index in [2.05, 4.69) is 41.6 Å². The van der Waals surface area contributed by atoms with Crippen molar-refractivity contribution in [3.8, 4) is 0 Å². The van der Waals surface area contributed by atoms with Crippen molar-refractivity contribution in [2.45, 2.75) is 26.3 Å². The molecule has 2 heteroatoms. The monoisotopic (exact) mass is 253 g/mol. The maximum atomic E-state index is 6.08. The number of halogens is 1. The summed E-state index contributed by atoms with van der Waals surface area (Å²) < 4.78 is 1.08. The molecule has 0 saturated heterocycles. The third-order valence-corrected chi connectivity index (χ3v) is 2.70. The zero-order valence-corrected chi connectivity index (χ0v) is 10.3. The summed E-state index contributed by atoms with van der Waals surface area (Å²) in [4.78, 5) is 0. The smallest absolute Gasteiger partial charge is 0.0335 e. The van der Waals surface area contributed by atoms with E-state index in [4.69, 9.17) is 5.73 Å². The van der Waals surface area contributed by atoms with E-state index in [-0.39, 0.29) is 6.04 Å². The molecule has 76 valence electrons. The molecule has 0 amide bonds. The Morgan fingerprint density at radius 3 is 2.79 bits per heavy atom. The Morgan fingerprint density at radius 2 is 2.21 bits per heavy atom. The van der Waals surface area contributed by atoms with Crippen molar-refractivity contribution in [1.82, 2.24) is 0 Å². The summed E-state index contributed by atoms with van der Waals surface area (Å²) in [5.41, 5.74) is 9.64. The quantitative estimate of drug-likeness (QED) is 0.817. The molecule has 0 unspecified atom stereocenters. The van der Waals surface area contributed by atoms with E-state index in [9.17, 15) is 0 Å². The molecule has 1 rings (SSSR count). The molecule has 14 heavy (non-hydrogen) atoms. The van der Waals surface area contributed by atoms with Crippen LogP contribution in [-0.4, -0.2) is 0 Å². The van der Waals surface area contributed by atoms with Gasteiger partial charge in [-0.1, -0.05) is 27.6 Å². The molecule has 0 spiro atoms. The highest BCUT2D eigenvalue weighted by Gasteiger charge is 2.09. The fourth-order valence-electron chi connectivity index (χ4n) is 1.50. The largest absolute Gasteiger partial charge is 0.324 e. The van der Waals surface area contributed by atoms with E-state index < -0.39 is 0 Å². The molecule has 1 nitrogen and oxygen atoms in total. The Hall–Kier alpha value is -0.600. The standard InChI is InChI=1S/C12H16BrN/c1-8(2)6-12(14)11-7-10(13)5-4-9(11)3/h4-5,7,12H,1,6,14H2,2-3H3/t12-/m1/s1. The summed E-state index contributed by atoms with van der Waals surface area (Å²) in [7, 11) is 0. The maximum absolute atomic E-state index is 6.08. The van der Waals surface area contributed by atoms with Gasteiger partial charge in [-0.2, -0.15) is 0 Å². The molecular weight excluding hydrogens is 238 g/mol. The Labute approximate surface area is 94.1 Å². The topological polar surface area (TPSA) is 26.0 Å². The van der Waals surface area contributed by atoms with Crippen LogP contribution in [0.4, 0.5) is 0 Å². The molecule has 0 aromatic heterocycles. The van der Waals surface area contributed by atoms with Crippen molar-refractivity contribution < 1.29 is 0 Å². The van der Waals surface area contributed by atoms with Crippen LogP contribution in [0.1, 0.15) is 30.5 Å². The minimum Gasteiger partial charge on any atom is -0.324 e. The molecule has 1 atom stereocenters. The van der Waals surface area contributed by atoms with Crippen LogP contribution in [-0.2, 0) is 0 Å². The number of nitrogens with two attached hydrogens (primary N) is 1. The Morgan fingerprint density at radius 1 is 1.57 bits per heavy atom. The van der Waals surface area contributed by atoms with Crippen LogP contribution in [0.25, 0.3) is 0 Å². The van der Waals surface area contributed by atoms with E-state index in [1.54, 1.807) is 0 Å². The van der Waals surface area contributed by atoms with E-state index in [0.717, 1.165) is 16.5 Å². The van der Waals surface area contributed by atoms with Crippen molar-refractivity contribution in [2.75, 3.05) is 0 Å². The first kappa shape index (κ1) is 11.5. The fourth-order valence-corrected chi connectivity index (χ4v) is 1.87. The van der Waals surface area contributed by atoms with E-state index in [1.165, 1.54) is 11.1 Å². The number of aryl methyl sites for hydroxylation is 1. The Bertz CT molecular complexity index is 344. The van der Waals surface area contributed by atoms with Crippen LogP contribution in [0.2, 0.25) is 0 Å². The summed E-state index contributed by atoms with van der Waals surface area (Å²) in [6, 6.07) is 6.26. The van der Waals surface area contributed by atoms with Crippen molar-refractivity contribution in [3.63, 3.8) is 0 Å². The molecule has 0 fully saturated rings. The minimum absolute atomic E-state index is 0.0602. The van der Waals surface area contributed by atoms with Crippen molar-refractivity contribution >= 4 is 15.9 Å². The van der Waals surface area contributed by atoms with Gasteiger partial charge in [-0.3, -0.25) is 0 Å². The lowest BCUT2D eigenvalue weighted by atomic mass is 9.97. The van der Waals surface area contributed by atoms with Gasteiger partial charge in [0.1, 0.15) is 0 Å². The van der Waals surface area contributed by atoms with Crippen LogP contribution in [0, 0.1) is 6.92 Å². The van der Waals surface area contributed by atoms with Gasteiger partial charge in [-0.25, -0.2) is 0 Å². The molecule has 0 saturated carbocycles. The SMILES string of the molecule is C=C(C)C[C@@H](N)c1cc(Br)ccc1C. The van der Waals surface area contributed by atoms with Gasteiger partial charge in [0, 0.05) is 10.5 Å². The third-order valence-electron chi connectivity index (χ3n) is 2.21. The number of benzene rings is 1. The normalized spacial score (nSPS) is 12.6. The van der Waals surface area contributed by atoms with Gasteiger partial charge in [0.05, 0.1) is 0 Å². The lowest BCUT2D eigenvalue weighted by Crippen LogP contribution is -2.11. The van der Waals surface area contributed by atoms with Gasteiger partial charge < -0.3 is 5.73 Å². The van der Waals surface area contributed by atoms with Crippen LogP contribution in [0.3, 0.4) is 0 Å². The summed E-state index contributed by atoms with van der Waals surface area (Å²) in [5.74, 6) is 0. The van der Waals surface area contributed by atoms with Gasteiger partial charge in [-0.05, 0) is 43.5 Å². The highest BCUT2D eigenvalue weighted by Crippen LogP contribution is 2.24. The van der Waals surface area contributed by atoms with Gasteiger partial charge in [-0.15, -0.1) is 6.58 Å². The zero-order chi connectivity index (χ0) is 10.7. The molecule has 1 aromatic carbocycles. The Balaban J connectivity index is 2.93. The van der Waals surface area contributed by atoms with Gasteiger partial charge in [0.2, 0.25) is 0 Å². The molecule has 0 radical (unpaired) electrons. The van der Waals surface area contributed by atoms with Crippen LogP contribution in [0.5, 0.6) is 0 Å². The van der Waals surface area contributed by atoms with Crippen LogP contribution >= 0.6 is 15.9 Å². The summed E-state index contributed by atoms with van der Waals surface area (Å²) in [5, 5.41) is 0. The third kappa shape index (κ3) is 2.96. The molecule has 0 aliphatic carbocycles. The second kappa shape index (κ2) is 4.76. The number of rotatable bonds is 3. The summed E-state index contributed by atoms with van der Waals surface area (Å²) >= 11 is 3.45. The highest BCUT2D eigenvalue weighted by atomic mass is 79.9. The first-order chi connectivity index (χ1) is 6.50.